The summed E-state index contributed by atoms with van der Waals surface area (Å²) < 4.78 is 164. The zero-order valence-electron chi connectivity index (χ0n) is 40.0. The van der Waals surface area contributed by atoms with Crippen LogP contribution in [-0.4, -0.2) is 0 Å². The molecule has 0 fully saturated rings. The standard InChI is InChI=1S/C42H26O/c1-2-12-28(13-3-1)31-21-11-23-38-32-25-24-29(26-39(32)43-42(31)38)40-34-17-6-8-19-36(34)41(37-20-9-7-18-35(37)40)33-22-10-15-27-14-4-5-16-30(27)33/h1-26H/i1D,2D,3D,4D,5D,10D,11D,12D,13D,14D,15D,16D,21D,22D,23D,24D,25D,26D. The first-order chi connectivity index (χ1) is 28.8. The van der Waals surface area contributed by atoms with E-state index in [9.17, 15) is 5.48 Å². The van der Waals surface area contributed by atoms with Crippen molar-refractivity contribution < 1.29 is 29.1 Å². The molecular weight excluding hydrogens is 520 g/mol. The summed E-state index contributed by atoms with van der Waals surface area (Å²) in [5.74, 6) is 0. The lowest BCUT2D eigenvalue weighted by Gasteiger charge is -2.18. The lowest BCUT2D eigenvalue weighted by atomic mass is 9.84. The van der Waals surface area contributed by atoms with Crippen LogP contribution >= 0.6 is 0 Å². The van der Waals surface area contributed by atoms with Gasteiger partial charge in [-0.3, -0.25) is 0 Å². The molecule has 0 aliphatic rings. The number of hydrogen-bond acceptors (Lipinski definition) is 1. The van der Waals surface area contributed by atoms with E-state index in [0.29, 0.717) is 21.5 Å². The molecule has 9 aromatic rings. The molecule has 1 heteroatoms. The highest BCUT2D eigenvalue weighted by molar-refractivity contribution is 6.24. The van der Waals surface area contributed by atoms with Gasteiger partial charge in [0.25, 0.3) is 0 Å². The third kappa shape index (κ3) is 3.65. The van der Waals surface area contributed by atoms with Crippen molar-refractivity contribution in [3.05, 3.63) is 157 Å². The molecule has 0 unspecified atom stereocenters. The quantitative estimate of drug-likeness (QED) is 0.195. The van der Waals surface area contributed by atoms with Crippen LogP contribution < -0.4 is 0 Å². The van der Waals surface area contributed by atoms with E-state index in [2.05, 4.69) is 0 Å². The minimum atomic E-state index is -0.720. The fraction of sp³-hybridized carbons (Fsp3) is 0. The van der Waals surface area contributed by atoms with E-state index in [-0.39, 0.29) is 55.0 Å². The first-order valence-electron chi connectivity index (χ1n) is 22.3. The zero-order valence-corrected chi connectivity index (χ0v) is 22.0. The average Bonchev–Trinajstić information content (AvgIpc) is 3.66. The molecule has 0 aliphatic carbocycles. The third-order valence-corrected chi connectivity index (χ3v) is 7.56. The Morgan fingerprint density at radius 2 is 1.02 bits per heavy atom. The summed E-state index contributed by atoms with van der Waals surface area (Å²) in [6, 6.07) is 2.57. The molecule has 1 heterocycles. The molecule has 0 N–H and O–H groups in total. The fourth-order valence-corrected chi connectivity index (χ4v) is 5.76. The largest absolute Gasteiger partial charge is 0.455 e. The highest BCUT2D eigenvalue weighted by Crippen LogP contribution is 2.46. The second-order valence-corrected chi connectivity index (χ2v) is 9.85. The van der Waals surface area contributed by atoms with Crippen molar-refractivity contribution in [1.29, 1.82) is 0 Å². The van der Waals surface area contributed by atoms with E-state index >= 15 is 0 Å². The maximum absolute atomic E-state index is 9.67. The van der Waals surface area contributed by atoms with Gasteiger partial charge in [0, 0.05) is 16.3 Å². The molecule has 0 saturated heterocycles. The predicted molar refractivity (Wildman–Crippen MR) is 183 cm³/mol. The molecule has 200 valence electrons. The van der Waals surface area contributed by atoms with Gasteiger partial charge < -0.3 is 4.42 Å². The molecule has 0 saturated carbocycles. The minimum Gasteiger partial charge on any atom is -0.455 e. The number of furan rings is 1. The second-order valence-electron chi connectivity index (χ2n) is 9.85. The molecular formula is C42H26O. The van der Waals surface area contributed by atoms with Gasteiger partial charge in [-0.15, -0.1) is 0 Å². The normalized spacial score (nSPS) is 17.6. The summed E-state index contributed by atoms with van der Waals surface area (Å²) >= 11 is 0. The van der Waals surface area contributed by atoms with Crippen LogP contribution in [0.4, 0.5) is 0 Å². The Labute approximate surface area is 274 Å². The SMILES string of the molecule is [2H]c1c([2H])c([2H])c(-c2c([2H])c([2H])c([2H])c3c2oc2c([2H])c(-c4c5ccccc5c(-c5c([2H])c([2H])c([2H])c6c([2H])c([2H])c([2H])c([2H])c56)c5ccccc45)c([2H])c([2H])c23)c([2H])c1[2H]. The van der Waals surface area contributed by atoms with Crippen LogP contribution in [0.3, 0.4) is 0 Å². The van der Waals surface area contributed by atoms with Crippen LogP contribution in [-0.2, 0) is 0 Å². The van der Waals surface area contributed by atoms with Gasteiger partial charge in [0.2, 0.25) is 0 Å². The summed E-state index contributed by atoms with van der Waals surface area (Å²) in [4.78, 5) is 0. The Morgan fingerprint density at radius 1 is 0.419 bits per heavy atom. The molecule has 8 aromatic carbocycles. The van der Waals surface area contributed by atoms with Crippen molar-refractivity contribution in [2.24, 2.45) is 0 Å². The van der Waals surface area contributed by atoms with Crippen LogP contribution in [0.5, 0.6) is 0 Å². The molecule has 43 heavy (non-hydrogen) atoms. The minimum absolute atomic E-state index is 0.0337. The van der Waals surface area contributed by atoms with Gasteiger partial charge in [0.1, 0.15) is 11.2 Å². The molecule has 0 radical (unpaired) electrons. The molecule has 0 amide bonds. The Hall–Kier alpha value is -5.66. The first-order valence-corrected chi connectivity index (χ1v) is 13.3. The van der Waals surface area contributed by atoms with Gasteiger partial charge in [-0.1, -0.05) is 145 Å². The molecule has 0 atom stereocenters. The van der Waals surface area contributed by atoms with Crippen molar-refractivity contribution in [3.8, 4) is 33.4 Å². The second kappa shape index (κ2) is 9.44. The lowest BCUT2D eigenvalue weighted by Crippen LogP contribution is -1.91. The van der Waals surface area contributed by atoms with Crippen molar-refractivity contribution in [1.82, 2.24) is 0 Å². The Kier molecular flexibility index (Phi) is 2.70. The monoisotopic (exact) mass is 564 g/mol. The molecule has 1 aromatic heterocycles. The van der Waals surface area contributed by atoms with Crippen LogP contribution in [0.15, 0.2) is 162 Å². The highest BCUT2D eigenvalue weighted by Gasteiger charge is 2.19. The van der Waals surface area contributed by atoms with E-state index in [1.54, 1.807) is 48.5 Å². The van der Waals surface area contributed by atoms with Crippen molar-refractivity contribution in [2.45, 2.75) is 0 Å². The molecule has 0 bridgehead atoms. The topological polar surface area (TPSA) is 13.1 Å². The van der Waals surface area contributed by atoms with E-state index in [1.807, 2.05) is 0 Å². The Morgan fingerprint density at radius 3 is 1.79 bits per heavy atom. The maximum Gasteiger partial charge on any atom is 0.143 e. The van der Waals surface area contributed by atoms with Crippen molar-refractivity contribution in [2.75, 3.05) is 0 Å². The number of para-hydroxylation sites is 1. The van der Waals surface area contributed by atoms with E-state index in [1.165, 1.54) is 0 Å². The van der Waals surface area contributed by atoms with Crippen LogP contribution in [0.25, 0.3) is 87.6 Å². The van der Waals surface area contributed by atoms with Crippen LogP contribution in [0, 0.1) is 0 Å². The van der Waals surface area contributed by atoms with Gasteiger partial charge in [0.15, 0.2) is 0 Å². The maximum atomic E-state index is 9.67. The van der Waals surface area contributed by atoms with Crippen LogP contribution in [0.1, 0.15) is 24.7 Å². The van der Waals surface area contributed by atoms with Gasteiger partial charge in [-0.2, -0.15) is 0 Å². The van der Waals surface area contributed by atoms with Gasteiger partial charge >= 0.3 is 0 Å². The molecule has 1 nitrogen and oxygen atoms in total. The number of rotatable bonds is 3. The first kappa shape index (κ1) is 12.3. The molecule has 9 rings (SSSR count). The summed E-state index contributed by atoms with van der Waals surface area (Å²) in [6.45, 7) is 0. The van der Waals surface area contributed by atoms with E-state index < -0.39 is 120 Å². The smallest absolute Gasteiger partial charge is 0.143 e. The highest BCUT2D eigenvalue weighted by atomic mass is 16.3. The Balaban J connectivity index is 1.46. The summed E-state index contributed by atoms with van der Waals surface area (Å²) in [5, 5.41) is 0.618. The summed E-state index contributed by atoms with van der Waals surface area (Å²) in [6.07, 6.45) is 0. The predicted octanol–water partition coefficient (Wildman–Crippen LogP) is 12.0. The Bertz CT molecular complexity index is 3420. The third-order valence-electron chi connectivity index (χ3n) is 7.56. The van der Waals surface area contributed by atoms with Gasteiger partial charge in [-0.05, 0) is 72.2 Å². The fourth-order valence-electron chi connectivity index (χ4n) is 5.76. The summed E-state index contributed by atoms with van der Waals surface area (Å²) in [7, 11) is 0. The van der Waals surface area contributed by atoms with E-state index in [4.69, 9.17) is 23.6 Å². The zero-order chi connectivity index (χ0) is 44.0. The van der Waals surface area contributed by atoms with Crippen molar-refractivity contribution >= 4 is 54.3 Å². The van der Waals surface area contributed by atoms with Gasteiger partial charge in [-0.25, -0.2) is 0 Å². The number of benzene rings is 8. The lowest BCUT2D eigenvalue weighted by molar-refractivity contribution is 0.670. The number of fused-ring (bicyclic) bond motifs is 6. The van der Waals surface area contributed by atoms with Crippen molar-refractivity contribution in [3.63, 3.8) is 0 Å². The molecule has 0 aliphatic heterocycles. The number of hydrogen-bond donors (Lipinski definition) is 0. The van der Waals surface area contributed by atoms with E-state index in [0.717, 1.165) is 0 Å². The van der Waals surface area contributed by atoms with Gasteiger partial charge in [0.05, 0.1) is 24.7 Å². The summed E-state index contributed by atoms with van der Waals surface area (Å²) in [5.41, 5.74) is -1.24. The van der Waals surface area contributed by atoms with Crippen LogP contribution in [0.2, 0.25) is 0 Å². The molecule has 0 spiro atoms. The average molecular weight is 565 g/mol.